The zero-order chi connectivity index (χ0) is 32.2. The number of ether oxygens (including phenoxy) is 3. The van der Waals surface area contributed by atoms with Crippen molar-refractivity contribution in [1.82, 2.24) is 19.7 Å². The molecule has 44 heavy (non-hydrogen) atoms. The molecule has 0 saturated carbocycles. The lowest BCUT2D eigenvalue weighted by molar-refractivity contribution is 0.175. The van der Waals surface area contributed by atoms with Crippen LogP contribution in [0.5, 0.6) is 17.4 Å². The first-order valence-electron chi connectivity index (χ1n) is 14.0. The molecule has 0 aliphatic heterocycles. The summed E-state index contributed by atoms with van der Waals surface area (Å²) < 4.78 is 62.1. The van der Waals surface area contributed by atoms with Crippen LogP contribution in [0.25, 0.3) is 17.2 Å². The highest BCUT2D eigenvalue weighted by molar-refractivity contribution is 7.93. The van der Waals surface area contributed by atoms with Crippen LogP contribution in [0.2, 0.25) is 25.7 Å². The number of aliphatic hydroxyl groups is 1. The Balaban J connectivity index is 1.99. The van der Waals surface area contributed by atoms with Crippen LogP contribution in [0.1, 0.15) is 18.6 Å². The number of aliphatic hydroxyl groups excluding tert-OH is 1. The number of benzene rings is 2. The van der Waals surface area contributed by atoms with Crippen molar-refractivity contribution in [3.8, 4) is 34.6 Å². The maximum Gasteiger partial charge on any atom is 0.246 e. The minimum Gasteiger partial charge on any atom is -0.494 e. The van der Waals surface area contributed by atoms with Crippen LogP contribution < -0.4 is 18.5 Å². The summed E-state index contributed by atoms with van der Waals surface area (Å²) in [5, 5.41) is 18.7. The van der Waals surface area contributed by atoms with Gasteiger partial charge in [0.05, 0.1) is 27.4 Å². The molecule has 0 bridgehead atoms. The molecule has 0 amide bonds. The van der Waals surface area contributed by atoms with Crippen molar-refractivity contribution in [2.75, 3.05) is 32.2 Å². The summed E-state index contributed by atoms with van der Waals surface area (Å²) in [5.74, 6) is 0.744. The summed E-state index contributed by atoms with van der Waals surface area (Å²) in [6, 6.07) is 16.0. The van der Waals surface area contributed by atoms with E-state index in [0.717, 1.165) is 0 Å². The minimum atomic E-state index is -4.32. The van der Waals surface area contributed by atoms with Crippen molar-refractivity contribution in [1.29, 1.82) is 0 Å². The highest BCUT2D eigenvalue weighted by Crippen LogP contribution is 2.40. The lowest BCUT2D eigenvalue weighted by Gasteiger charge is -2.31. The molecule has 1 N–H and O–H groups in total. The molecule has 0 radical (unpaired) electrons. The van der Waals surface area contributed by atoms with E-state index in [9.17, 15) is 17.9 Å². The van der Waals surface area contributed by atoms with E-state index < -0.39 is 35.3 Å². The van der Waals surface area contributed by atoms with Crippen molar-refractivity contribution in [2.24, 2.45) is 0 Å². The Kier molecular flexibility index (Phi) is 9.96. The number of hydrogen-bond acceptors (Lipinski definition) is 9. The summed E-state index contributed by atoms with van der Waals surface area (Å²) in [6.07, 6.45) is -1.45. The van der Waals surface area contributed by atoms with Crippen molar-refractivity contribution in [3.05, 3.63) is 72.0 Å². The van der Waals surface area contributed by atoms with Crippen LogP contribution in [0.3, 0.4) is 0 Å². The van der Waals surface area contributed by atoms with E-state index >= 15 is 0 Å². The first kappa shape index (κ1) is 32.9. The molecule has 0 unspecified atom stereocenters. The van der Waals surface area contributed by atoms with Gasteiger partial charge in [0.1, 0.15) is 33.9 Å². The molecule has 2 aromatic heterocycles. The highest BCUT2D eigenvalue weighted by atomic mass is 32.2. The second kappa shape index (κ2) is 13.3. The lowest BCUT2D eigenvalue weighted by Crippen LogP contribution is -2.44. The van der Waals surface area contributed by atoms with E-state index in [0.29, 0.717) is 34.8 Å². The van der Waals surface area contributed by atoms with Gasteiger partial charge < -0.3 is 19.3 Å². The van der Waals surface area contributed by atoms with Crippen LogP contribution in [0, 0.1) is 5.82 Å². The summed E-state index contributed by atoms with van der Waals surface area (Å²) in [4.78, 5) is 4.53. The molecular formula is C30H38FN5O6SSi. The normalized spacial score (nSPS) is 13.3. The Morgan fingerprint density at radius 3 is 2.11 bits per heavy atom. The number of hydrogen-bond donors (Lipinski definition) is 1. The Morgan fingerprint density at radius 1 is 0.932 bits per heavy atom. The molecule has 0 aliphatic rings. The molecule has 14 heteroatoms. The summed E-state index contributed by atoms with van der Waals surface area (Å²) in [5.41, 5.74) is 0.983. The third kappa shape index (κ3) is 6.87. The summed E-state index contributed by atoms with van der Waals surface area (Å²) in [6.45, 7) is 7.88. The van der Waals surface area contributed by atoms with E-state index in [-0.39, 0.29) is 23.9 Å². The SMILES string of the molecule is COc1cccc(-c2nnc(N(CC[Si](C)(C)C)S(=O)(=O)[C@H](C)[C@H](O)c3ccc(F)cc3)n2-c2c(OC)cccc2OC)n1. The fraction of sp³-hybridized carbons (Fsp3) is 0.367. The summed E-state index contributed by atoms with van der Waals surface area (Å²) in [7, 11) is -1.66. The van der Waals surface area contributed by atoms with Crippen molar-refractivity contribution < 1.29 is 32.1 Å². The number of halogens is 1. The van der Waals surface area contributed by atoms with E-state index in [4.69, 9.17) is 14.2 Å². The molecule has 0 fully saturated rings. The number of pyridine rings is 1. The average molecular weight is 644 g/mol. The standard InChI is InChI=1S/C30H38FN5O6SSi/c1-20(28(37)21-14-16-22(31)17-15-21)43(38,39)35(18-19-44(5,6)7)30-34-33-29(23-10-8-13-26(32-23)42-4)36(30)27-24(40-2)11-9-12-25(27)41-3/h8-17,20,28,37H,18-19H2,1-7H3/t20-,28+/m1/s1. The van der Waals surface area contributed by atoms with E-state index in [1.165, 1.54) is 61.4 Å². The van der Waals surface area contributed by atoms with Crippen LogP contribution in [0.15, 0.2) is 60.7 Å². The third-order valence-corrected chi connectivity index (χ3v) is 11.0. The monoisotopic (exact) mass is 643 g/mol. The largest absolute Gasteiger partial charge is 0.494 e. The second-order valence-corrected chi connectivity index (χ2v) is 19.2. The van der Waals surface area contributed by atoms with Gasteiger partial charge in [0.25, 0.3) is 0 Å². The van der Waals surface area contributed by atoms with Crippen LogP contribution >= 0.6 is 0 Å². The number of para-hydroxylation sites is 1. The van der Waals surface area contributed by atoms with E-state index in [1.807, 2.05) is 0 Å². The lowest BCUT2D eigenvalue weighted by atomic mass is 10.1. The smallest absolute Gasteiger partial charge is 0.246 e. The van der Waals surface area contributed by atoms with E-state index in [2.05, 4.69) is 34.8 Å². The average Bonchev–Trinajstić information content (AvgIpc) is 3.43. The van der Waals surface area contributed by atoms with Gasteiger partial charge in [0.15, 0.2) is 5.82 Å². The topological polar surface area (TPSA) is 129 Å². The number of rotatable bonds is 13. The van der Waals surface area contributed by atoms with Crippen LogP contribution in [-0.2, 0) is 10.0 Å². The first-order valence-corrected chi connectivity index (χ1v) is 19.2. The molecule has 2 heterocycles. The maximum atomic E-state index is 14.5. The molecular weight excluding hydrogens is 606 g/mol. The Bertz CT molecular complexity index is 1670. The number of aromatic nitrogens is 4. The Labute approximate surface area is 258 Å². The van der Waals surface area contributed by atoms with Gasteiger partial charge in [-0.15, -0.1) is 10.2 Å². The molecule has 2 atom stereocenters. The molecule has 0 aliphatic carbocycles. The molecule has 2 aromatic carbocycles. The minimum absolute atomic E-state index is 0.0381. The Morgan fingerprint density at radius 2 is 1.55 bits per heavy atom. The highest BCUT2D eigenvalue weighted by Gasteiger charge is 2.39. The summed E-state index contributed by atoms with van der Waals surface area (Å²) >= 11 is 0. The number of nitrogens with zero attached hydrogens (tertiary/aromatic N) is 5. The van der Waals surface area contributed by atoms with Gasteiger partial charge in [-0.25, -0.2) is 22.1 Å². The van der Waals surface area contributed by atoms with Gasteiger partial charge in [0, 0.05) is 20.7 Å². The number of anilines is 1. The van der Waals surface area contributed by atoms with Gasteiger partial charge in [-0.1, -0.05) is 43.9 Å². The number of methoxy groups -OCH3 is 3. The van der Waals surface area contributed by atoms with Crippen molar-refractivity contribution in [2.45, 2.75) is 44.0 Å². The molecule has 236 valence electrons. The predicted molar refractivity (Wildman–Crippen MR) is 169 cm³/mol. The van der Waals surface area contributed by atoms with Gasteiger partial charge in [-0.3, -0.25) is 4.57 Å². The fourth-order valence-electron chi connectivity index (χ4n) is 4.59. The van der Waals surface area contributed by atoms with Gasteiger partial charge >= 0.3 is 0 Å². The molecule has 11 nitrogen and oxygen atoms in total. The van der Waals surface area contributed by atoms with Crippen LogP contribution in [0.4, 0.5) is 10.3 Å². The molecule has 0 spiro atoms. The molecule has 4 rings (SSSR count). The van der Waals surface area contributed by atoms with Gasteiger partial charge in [-0.05, 0) is 48.9 Å². The van der Waals surface area contributed by atoms with E-state index in [1.54, 1.807) is 36.4 Å². The Hall–Kier alpha value is -4.01. The van der Waals surface area contributed by atoms with Crippen molar-refractivity contribution >= 4 is 24.0 Å². The molecule has 4 aromatic rings. The predicted octanol–water partition coefficient (Wildman–Crippen LogP) is 5.09. The quantitative estimate of drug-likeness (QED) is 0.198. The number of sulfonamides is 1. The first-order chi connectivity index (χ1) is 20.8. The van der Waals surface area contributed by atoms with Crippen LogP contribution in [-0.4, -0.2) is 74.5 Å². The molecule has 0 saturated heterocycles. The van der Waals surface area contributed by atoms with Gasteiger partial charge in [-0.2, -0.15) is 0 Å². The zero-order valence-corrected chi connectivity index (χ0v) is 27.7. The zero-order valence-electron chi connectivity index (χ0n) is 25.9. The fourth-order valence-corrected chi connectivity index (χ4v) is 7.22. The second-order valence-electron chi connectivity index (χ2n) is 11.4. The van der Waals surface area contributed by atoms with Crippen molar-refractivity contribution in [3.63, 3.8) is 0 Å². The van der Waals surface area contributed by atoms with Gasteiger partial charge in [0.2, 0.25) is 21.9 Å². The maximum absolute atomic E-state index is 14.5. The third-order valence-electron chi connectivity index (χ3n) is 7.15.